The van der Waals surface area contributed by atoms with Crippen LogP contribution < -0.4 is 20.1 Å². The van der Waals surface area contributed by atoms with Gasteiger partial charge in [0.25, 0.3) is 0 Å². The van der Waals surface area contributed by atoms with E-state index in [0.717, 1.165) is 41.5 Å². The number of rotatable bonds is 11. The molecule has 0 saturated carbocycles. The maximum absolute atomic E-state index is 5.57. The van der Waals surface area contributed by atoms with Gasteiger partial charge in [0, 0.05) is 12.8 Å². The van der Waals surface area contributed by atoms with Gasteiger partial charge in [0.15, 0.2) is 0 Å². The van der Waals surface area contributed by atoms with Gasteiger partial charge in [0.1, 0.15) is 11.5 Å². The first-order valence-corrected chi connectivity index (χ1v) is 14.1. The van der Waals surface area contributed by atoms with Crippen LogP contribution in [0.4, 0.5) is 0 Å². The maximum atomic E-state index is 5.57. The summed E-state index contributed by atoms with van der Waals surface area (Å²) in [4.78, 5) is 0. The number of methoxy groups -OCH3 is 2. The molecule has 0 saturated heterocycles. The molecular weight excluding hydrogens is 454 g/mol. The monoisotopic (exact) mass is 486 g/mol. The molecule has 0 aliphatic carbocycles. The van der Waals surface area contributed by atoms with Gasteiger partial charge in [-0.05, 0) is 57.3 Å². The zero-order valence-electron chi connectivity index (χ0n) is 19.9. The molecule has 2 unspecified atom stereocenters. The first kappa shape index (κ1) is 24.5. The number of hydrogen-bond acceptors (Lipinski definition) is 2. The van der Waals surface area contributed by atoms with Gasteiger partial charge in [-0.2, -0.15) is 0 Å². The average Bonchev–Trinajstić information content (AvgIpc) is 2.89. The highest BCUT2D eigenvalue weighted by molar-refractivity contribution is 7.51. The second-order valence-electron chi connectivity index (χ2n) is 8.15. The molecule has 0 aliphatic rings. The molecule has 4 aromatic rings. The molecule has 4 heteroatoms. The summed E-state index contributed by atoms with van der Waals surface area (Å²) in [5.41, 5.74) is 5.30. The molecule has 0 amide bonds. The van der Waals surface area contributed by atoms with Gasteiger partial charge < -0.3 is 9.47 Å². The summed E-state index contributed by atoms with van der Waals surface area (Å²) in [5.74, 6) is 1.93. The van der Waals surface area contributed by atoms with Gasteiger partial charge in [-0.1, -0.05) is 102 Å². The van der Waals surface area contributed by atoms with Crippen LogP contribution in [-0.4, -0.2) is 26.5 Å². The van der Waals surface area contributed by atoms with Gasteiger partial charge in [-0.3, -0.25) is 0 Å². The smallest absolute Gasteiger partial charge is 0.122 e. The lowest BCUT2D eigenvalue weighted by molar-refractivity contribution is 0.410. The Kier molecular flexibility index (Phi) is 9.14. The summed E-state index contributed by atoms with van der Waals surface area (Å²) in [6, 6.07) is 34.4. The second-order valence-corrected chi connectivity index (χ2v) is 10.9. The van der Waals surface area contributed by atoms with Crippen LogP contribution in [0, 0.1) is 0 Å². The van der Waals surface area contributed by atoms with Gasteiger partial charge in [0.05, 0.1) is 14.2 Å². The first-order valence-electron chi connectivity index (χ1n) is 11.7. The van der Waals surface area contributed by atoms with Crippen molar-refractivity contribution in [1.82, 2.24) is 0 Å². The van der Waals surface area contributed by atoms with E-state index in [-0.39, 0.29) is 0 Å². The van der Waals surface area contributed by atoms with Crippen molar-refractivity contribution < 1.29 is 9.47 Å². The fraction of sp³-hybridized carbons (Fsp3) is 0.200. The highest BCUT2D eigenvalue weighted by Crippen LogP contribution is 2.26. The van der Waals surface area contributed by atoms with Crippen LogP contribution in [-0.2, 0) is 12.8 Å². The largest absolute Gasteiger partial charge is 0.496 e. The van der Waals surface area contributed by atoms with Gasteiger partial charge in [-0.15, -0.1) is 0 Å². The van der Waals surface area contributed by atoms with Crippen molar-refractivity contribution in [1.29, 1.82) is 0 Å². The summed E-state index contributed by atoms with van der Waals surface area (Å²) in [6.45, 7) is 0. The molecule has 0 radical (unpaired) electrons. The molecule has 2 atom stereocenters. The van der Waals surface area contributed by atoms with E-state index in [2.05, 4.69) is 72.8 Å². The number of hydrogen-bond donors (Lipinski definition) is 0. The predicted molar refractivity (Wildman–Crippen MR) is 150 cm³/mol. The van der Waals surface area contributed by atoms with Crippen LogP contribution in [0.5, 0.6) is 11.5 Å². The first-order chi connectivity index (χ1) is 16.8. The van der Waals surface area contributed by atoms with Crippen molar-refractivity contribution in [2.45, 2.75) is 12.8 Å². The Morgan fingerprint density at radius 1 is 0.471 bits per heavy atom. The van der Waals surface area contributed by atoms with E-state index in [9.17, 15) is 0 Å². The molecule has 34 heavy (non-hydrogen) atoms. The topological polar surface area (TPSA) is 18.5 Å². The van der Waals surface area contributed by atoms with Crippen molar-refractivity contribution in [3.05, 3.63) is 119 Å². The molecule has 0 aromatic heterocycles. The van der Waals surface area contributed by atoms with Crippen molar-refractivity contribution in [2.75, 3.05) is 26.5 Å². The van der Waals surface area contributed by atoms with Crippen LogP contribution in [0.2, 0.25) is 0 Å². The lowest BCUT2D eigenvalue weighted by atomic mass is 10.0. The molecule has 0 heterocycles. The Bertz CT molecular complexity index is 1110. The van der Waals surface area contributed by atoms with Gasteiger partial charge >= 0.3 is 0 Å². The minimum atomic E-state index is 0.819. The molecule has 0 aliphatic heterocycles. The fourth-order valence-electron chi connectivity index (χ4n) is 4.20. The van der Waals surface area contributed by atoms with E-state index in [4.69, 9.17) is 9.47 Å². The van der Waals surface area contributed by atoms with Gasteiger partial charge in [0.2, 0.25) is 0 Å². The molecule has 0 fully saturated rings. The minimum absolute atomic E-state index is 0.819. The Labute approximate surface area is 207 Å². The molecular formula is C30H32O2P2. The number of para-hydroxylation sites is 2. The third kappa shape index (κ3) is 6.47. The van der Waals surface area contributed by atoms with Crippen molar-refractivity contribution in [3.63, 3.8) is 0 Å². The van der Waals surface area contributed by atoms with Crippen LogP contribution in [0.1, 0.15) is 22.3 Å². The van der Waals surface area contributed by atoms with E-state index < -0.39 is 0 Å². The molecule has 4 aromatic carbocycles. The second kappa shape index (κ2) is 12.7. The zero-order valence-corrected chi connectivity index (χ0v) is 21.9. The summed E-state index contributed by atoms with van der Waals surface area (Å²) in [7, 11) is 5.14. The quantitative estimate of drug-likeness (QED) is 0.186. The molecule has 0 bridgehead atoms. The fourth-order valence-corrected chi connectivity index (χ4v) is 6.96. The Balaban J connectivity index is 1.38. The summed E-state index contributed by atoms with van der Waals surface area (Å²) >= 11 is 0. The average molecular weight is 487 g/mol. The Hall–Kier alpha value is -2.66. The third-order valence-electron chi connectivity index (χ3n) is 5.94. The summed E-state index contributed by atoms with van der Waals surface area (Å²) in [6.07, 6.45) is 4.25. The Morgan fingerprint density at radius 3 is 1.24 bits per heavy atom. The number of benzene rings is 4. The van der Waals surface area contributed by atoms with Crippen LogP contribution >= 0.6 is 17.2 Å². The van der Waals surface area contributed by atoms with Crippen LogP contribution in [0.25, 0.3) is 0 Å². The summed E-state index contributed by atoms with van der Waals surface area (Å²) < 4.78 is 11.1. The molecule has 0 spiro atoms. The van der Waals surface area contributed by atoms with E-state index in [1.54, 1.807) is 14.2 Å². The third-order valence-corrected chi connectivity index (χ3v) is 9.17. The molecule has 4 rings (SSSR count). The van der Waals surface area contributed by atoms with Crippen molar-refractivity contribution in [3.8, 4) is 11.5 Å². The van der Waals surface area contributed by atoms with E-state index in [1.165, 1.54) is 45.2 Å². The van der Waals surface area contributed by atoms with E-state index >= 15 is 0 Å². The minimum Gasteiger partial charge on any atom is -0.496 e. The van der Waals surface area contributed by atoms with Crippen LogP contribution in [0.15, 0.2) is 97.1 Å². The predicted octanol–water partition coefficient (Wildman–Crippen LogP) is 6.19. The molecule has 174 valence electrons. The molecule has 2 nitrogen and oxygen atoms in total. The summed E-state index contributed by atoms with van der Waals surface area (Å²) in [5, 5.41) is 2.95. The Morgan fingerprint density at radius 2 is 0.824 bits per heavy atom. The van der Waals surface area contributed by atoms with E-state index in [1.807, 2.05) is 24.3 Å². The van der Waals surface area contributed by atoms with E-state index in [0.29, 0.717) is 0 Å². The van der Waals surface area contributed by atoms with Crippen molar-refractivity contribution in [2.24, 2.45) is 0 Å². The SMILES string of the molecule is COc1ccccc1Cc1ccccc1PCCPc1ccccc1Cc1ccccc1OC. The lowest BCUT2D eigenvalue weighted by Crippen LogP contribution is -2.09. The molecule has 0 N–H and O–H groups in total. The highest BCUT2D eigenvalue weighted by atomic mass is 31.1. The standard InChI is InChI=1S/C30H32O2P2/c1-31-27-15-7-3-11-23(27)21-25-13-5-9-17-29(25)33-19-20-34-30-18-10-6-14-26(30)22-24-12-4-8-16-28(24)32-2/h3-18,33-34H,19-22H2,1-2H3. The van der Waals surface area contributed by atoms with Gasteiger partial charge in [-0.25, -0.2) is 0 Å². The normalized spacial score (nSPS) is 11.5. The highest BCUT2D eigenvalue weighted by Gasteiger charge is 2.09. The zero-order chi connectivity index (χ0) is 23.6. The lowest BCUT2D eigenvalue weighted by Gasteiger charge is -2.14. The van der Waals surface area contributed by atoms with Crippen molar-refractivity contribution >= 4 is 27.8 Å². The number of ether oxygens (including phenoxy) is 2. The maximum Gasteiger partial charge on any atom is 0.122 e. The van der Waals surface area contributed by atoms with Crippen LogP contribution in [0.3, 0.4) is 0 Å².